The Bertz CT molecular complexity index is 1230. The number of esters is 1. The van der Waals surface area contributed by atoms with Gasteiger partial charge >= 0.3 is 5.97 Å². The van der Waals surface area contributed by atoms with Gasteiger partial charge in [-0.1, -0.05) is 23.2 Å². The first-order chi connectivity index (χ1) is 15.1. The molecule has 3 rings (SSSR count). The van der Waals surface area contributed by atoms with Crippen LogP contribution in [0.2, 0.25) is 10.0 Å². The summed E-state index contributed by atoms with van der Waals surface area (Å²) in [6, 6.07) is 8.50. The predicted octanol–water partition coefficient (Wildman–Crippen LogP) is 4.28. The number of hydrogen-bond donors (Lipinski definition) is 1. The van der Waals surface area contributed by atoms with Crippen molar-refractivity contribution in [3.8, 4) is 5.82 Å². The third kappa shape index (κ3) is 5.04. The van der Waals surface area contributed by atoms with E-state index in [1.807, 2.05) is 19.9 Å². The third-order valence-electron chi connectivity index (χ3n) is 4.32. The Morgan fingerprint density at radius 1 is 1.16 bits per heavy atom. The number of aryl methyl sites for hydroxylation is 2. The van der Waals surface area contributed by atoms with Crippen LogP contribution in [0.3, 0.4) is 0 Å². The Morgan fingerprint density at radius 3 is 2.47 bits per heavy atom. The molecule has 3 aromatic rings. The van der Waals surface area contributed by atoms with Crippen LogP contribution in [-0.4, -0.2) is 37.7 Å². The highest BCUT2D eigenvalue weighted by molar-refractivity contribution is 6.34. The largest absolute Gasteiger partial charge is 0.448 e. The van der Waals surface area contributed by atoms with E-state index in [-0.39, 0.29) is 27.1 Å². The standard InChI is InChI=1S/C20H17Cl2N5O5/c1-10-8-11(2)26(25-10)17-7-6-15(22)18(24-17)20(29)32-12(3)19(28)23-16-9-13(27(30)31)4-5-14(16)21/h4-9,12H,1-3H3,(H,23,28). The SMILES string of the molecule is Cc1cc(C)n(-c2ccc(Cl)c(C(=O)OC(C)C(=O)Nc3cc([N+](=O)[O-])ccc3Cl)n2)n1. The highest BCUT2D eigenvalue weighted by Gasteiger charge is 2.24. The lowest BCUT2D eigenvalue weighted by Gasteiger charge is -2.15. The minimum Gasteiger partial charge on any atom is -0.448 e. The molecule has 32 heavy (non-hydrogen) atoms. The fraction of sp³-hybridized carbons (Fsp3) is 0.200. The van der Waals surface area contributed by atoms with Gasteiger partial charge in [-0.3, -0.25) is 14.9 Å². The highest BCUT2D eigenvalue weighted by atomic mass is 35.5. The van der Waals surface area contributed by atoms with Crippen LogP contribution in [0.15, 0.2) is 36.4 Å². The van der Waals surface area contributed by atoms with E-state index in [1.54, 1.807) is 10.7 Å². The van der Waals surface area contributed by atoms with E-state index in [4.69, 9.17) is 27.9 Å². The number of hydrogen-bond acceptors (Lipinski definition) is 7. The summed E-state index contributed by atoms with van der Waals surface area (Å²) in [5.74, 6) is -1.31. The molecule has 0 radical (unpaired) electrons. The number of nitrogens with one attached hydrogen (secondary N) is 1. The first-order valence-corrected chi connectivity index (χ1v) is 9.98. The number of rotatable bonds is 6. The third-order valence-corrected chi connectivity index (χ3v) is 4.96. The van der Waals surface area contributed by atoms with E-state index in [0.717, 1.165) is 17.5 Å². The fourth-order valence-corrected chi connectivity index (χ4v) is 3.13. The van der Waals surface area contributed by atoms with Gasteiger partial charge in [-0.25, -0.2) is 14.5 Å². The smallest absolute Gasteiger partial charge is 0.359 e. The van der Waals surface area contributed by atoms with E-state index >= 15 is 0 Å². The van der Waals surface area contributed by atoms with E-state index in [9.17, 15) is 19.7 Å². The topological polar surface area (TPSA) is 129 Å². The van der Waals surface area contributed by atoms with Gasteiger partial charge < -0.3 is 10.1 Å². The summed E-state index contributed by atoms with van der Waals surface area (Å²) in [4.78, 5) is 39.6. The minimum atomic E-state index is -1.27. The second-order valence-electron chi connectivity index (χ2n) is 6.80. The number of aromatic nitrogens is 3. The number of halogens is 2. The molecule has 0 bridgehead atoms. The highest BCUT2D eigenvalue weighted by Crippen LogP contribution is 2.27. The van der Waals surface area contributed by atoms with Gasteiger partial charge in [-0.05, 0) is 45.0 Å². The molecule has 166 valence electrons. The summed E-state index contributed by atoms with van der Waals surface area (Å²) in [6.45, 7) is 4.99. The van der Waals surface area contributed by atoms with Gasteiger partial charge in [0.1, 0.15) is 0 Å². The number of pyridine rings is 1. The van der Waals surface area contributed by atoms with E-state index in [1.165, 1.54) is 25.1 Å². The number of benzene rings is 1. The molecular weight excluding hydrogens is 461 g/mol. The van der Waals surface area contributed by atoms with Crippen LogP contribution in [-0.2, 0) is 9.53 Å². The first-order valence-electron chi connectivity index (χ1n) is 9.22. The first kappa shape index (κ1) is 23.2. The Balaban J connectivity index is 1.76. The quantitative estimate of drug-likeness (QED) is 0.318. The predicted molar refractivity (Wildman–Crippen MR) is 117 cm³/mol. The summed E-state index contributed by atoms with van der Waals surface area (Å²) in [5, 5.41) is 17.8. The van der Waals surface area contributed by atoms with Gasteiger partial charge in [0.15, 0.2) is 17.6 Å². The number of anilines is 1. The van der Waals surface area contributed by atoms with Crippen LogP contribution in [0.4, 0.5) is 11.4 Å². The van der Waals surface area contributed by atoms with Gasteiger partial charge in [-0.15, -0.1) is 0 Å². The van der Waals surface area contributed by atoms with Crippen molar-refractivity contribution in [1.29, 1.82) is 0 Å². The van der Waals surface area contributed by atoms with Crippen molar-refractivity contribution in [2.45, 2.75) is 26.9 Å². The van der Waals surface area contributed by atoms with Crippen LogP contribution >= 0.6 is 23.2 Å². The summed E-state index contributed by atoms with van der Waals surface area (Å²) in [7, 11) is 0. The van der Waals surface area contributed by atoms with Crippen molar-refractivity contribution in [2.24, 2.45) is 0 Å². The zero-order valence-electron chi connectivity index (χ0n) is 17.1. The number of nitro benzene ring substituents is 1. The lowest BCUT2D eigenvalue weighted by Crippen LogP contribution is -2.30. The molecule has 12 heteroatoms. The van der Waals surface area contributed by atoms with Gasteiger partial charge in [0.2, 0.25) is 0 Å². The number of amides is 1. The van der Waals surface area contributed by atoms with Crippen molar-refractivity contribution in [3.05, 3.63) is 73.6 Å². The second-order valence-corrected chi connectivity index (χ2v) is 7.61. The van der Waals surface area contributed by atoms with Gasteiger partial charge in [-0.2, -0.15) is 5.10 Å². The number of carbonyl (C=O) groups is 2. The van der Waals surface area contributed by atoms with Crippen LogP contribution < -0.4 is 5.32 Å². The van der Waals surface area contributed by atoms with Crippen molar-refractivity contribution in [3.63, 3.8) is 0 Å². The Hall–Kier alpha value is -3.50. The molecule has 0 aliphatic carbocycles. The maximum atomic E-state index is 12.6. The van der Waals surface area contributed by atoms with E-state index in [0.29, 0.717) is 5.82 Å². The van der Waals surface area contributed by atoms with Crippen LogP contribution in [0.25, 0.3) is 5.82 Å². The molecule has 1 N–H and O–H groups in total. The van der Waals surface area contributed by atoms with Crippen LogP contribution in [0, 0.1) is 24.0 Å². The average Bonchev–Trinajstić information content (AvgIpc) is 3.07. The minimum absolute atomic E-state index is 0.0106. The molecule has 1 amide bonds. The molecule has 0 aliphatic heterocycles. The molecule has 0 spiro atoms. The van der Waals surface area contributed by atoms with Crippen LogP contribution in [0.1, 0.15) is 28.8 Å². The fourth-order valence-electron chi connectivity index (χ4n) is 2.78. The second kappa shape index (κ2) is 9.33. The van der Waals surface area contributed by atoms with Crippen molar-refractivity contribution in [1.82, 2.24) is 14.8 Å². The average molecular weight is 478 g/mol. The molecule has 1 unspecified atom stereocenters. The Morgan fingerprint density at radius 2 is 1.84 bits per heavy atom. The number of non-ortho nitro benzene ring substituents is 1. The van der Waals surface area contributed by atoms with Gasteiger partial charge in [0.25, 0.3) is 11.6 Å². The van der Waals surface area contributed by atoms with Crippen LogP contribution in [0.5, 0.6) is 0 Å². The molecule has 0 aliphatic rings. The summed E-state index contributed by atoms with van der Waals surface area (Å²) in [5.41, 5.74) is 1.14. The zero-order valence-corrected chi connectivity index (χ0v) is 18.6. The van der Waals surface area contributed by atoms with Crippen molar-refractivity contribution < 1.29 is 19.2 Å². The molecule has 1 atom stereocenters. The Labute approximate surface area is 192 Å². The molecule has 0 saturated heterocycles. The van der Waals surface area contributed by atoms with Crippen molar-refractivity contribution >= 4 is 46.5 Å². The molecule has 0 saturated carbocycles. The Kier molecular flexibility index (Phi) is 6.75. The zero-order chi connectivity index (χ0) is 23.6. The lowest BCUT2D eigenvalue weighted by atomic mass is 10.2. The molecule has 1 aromatic carbocycles. The van der Waals surface area contributed by atoms with Gasteiger partial charge in [0, 0.05) is 17.8 Å². The van der Waals surface area contributed by atoms with E-state index in [2.05, 4.69) is 15.4 Å². The normalized spacial score (nSPS) is 11.7. The number of nitro groups is 1. The summed E-state index contributed by atoms with van der Waals surface area (Å²) in [6.07, 6.45) is -1.27. The molecule has 2 aromatic heterocycles. The van der Waals surface area contributed by atoms with Gasteiger partial charge in [0.05, 0.1) is 26.3 Å². The number of ether oxygens (including phenoxy) is 1. The lowest BCUT2D eigenvalue weighted by molar-refractivity contribution is -0.384. The molecule has 2 heterocycles. The molecule has 10 nitrogen and oxygen atoms in total. The van der Waals surface area contributed by atoms with E-state index < -0.39 is 22.9 Å². The number of nitrogens with zero attached hydrogens (tertiary/aromatic N) is 4. The van der Waals surface area contributed by atoms with Crippen molar-refractivity contribution in [2.75, 3.05) is 5.32 Å². The monoisotopic (exact) mass is 477 g/mol. The summed E-state index contributed by atoms with van der Waals surface area (Å²) < 4.78 is 6.74. The molecule has 0 fully saturated rings. The summed E-state index contributed by atoms with van der Waals surface area (Å²) >= 11 is 12.1. The maximum Gasteiger partial charge on any atom is 0.359 e. The maximum absolute atomic E-state index is 12.6. The number of carbonyl (C=O) groups excluding carboxylic acids is 2. The molecular formula is C20H17Cl2N5O5.